The molecule has 2 N–H and O–H groups in total. The number of morpholine rings is 1. The van der Waals surface area contributed by atoms with E-state index in [4.69, 9.17) is 4.74 Å². The van der Waals surface area contributed by atoms with E-state index in [-0.39, 0.29) is 12.0 Å². The van der Waals surface area contributed by atoms with Gasteiger partial charge >= 0.3 is 0 Å². The molecule has 0 aromatic carbocycles. The Morgan fingerprint density at radius 2 is 1.93 bits per heavy atom. The highest BCUT2D eigenvalue weighted by atomic mass is 16.5. The van der Waals surface area contributed by atoms with Crippen LogP contribution in [0.5, 0.6) is 0 Å². The molecule has 14 heavy (non-hydrogen) atoms. The molecule has 4 nitrogen and oxygen atoms in total. The summed E-state index contributed by atoms with van der Waals surface area (Å²) < 4.78 is 5.46. The lowest BCUT2D eigenvalue weighted by molar-refractivity contribution is -0.136. The number of ketones is 1. The van der Waals surface area contributed by atoms with Crippen molar-refractivity contribution in [1.29, 1.82) is 0 Å². The van der Waals surface area contributed by atoms with Gasteiger partial charge in [-0.05, 0) is 25.9 Å². The summed E-state index contributed by atoms with van der Waals surface area (Å²) in [6.45, 7) is 4.17. The maximum atomic E-state index is 12.0. The largest absolute Gasteiger partial charge is 0.368 e. The van der Waals surface area contributed by atoms with Crippen molar-refractivity contribution in [3.05, 3.63) is 0 Å². The molecule has 2 rings (SSSR count). The van der Waals surface area contributed by atoms with Crippen LogP contribution in [0, 0.1) is 5.92 Å². The monoisotopic (exact) mass is 198 g/mol. The van der Waals surface area contributed by atoms with E-state index in [1.54, 1.807) is 0 Å². The molecule has 2 aliphatic heterocycles. The Hall–Kier alpha value is -0.450. The number of hydrogen-bond acceptors (Lipinski definition) is 4. The Balaban J connectivity index is 1.85. The van der Waals surface area contributed by atoms with Crippen LogP contribution in [0.15, 0.2) is 0 Å². The minimum Gasteiger partial charge on any atom is -0.368 e. The van der Waals surface area contributed by atoms with Crippen LogP contribution in [0.4, 0.5) is 0 Å². The summed E-state index contributed by atoms with van der Waals surface area (Å²) in [5.41, 5.74) is 0. The van der Waals surface area contributed by atoms with Crippen molar-refractivity contribution in [2.45, 2.75) is 18.9 Å². The van der Waals surface area contributed by atoms with Crippen LogP contribution in [0.25, 0.3) is 0 Å². The molecule has 2 heterocycles. The Morgan fingerprint density at radius 3 is 2.57 bits per heavy atom. The van der Waals surface area contributed by atoms with Gasteiger partial charge in [0.25, 0.3) is 0 Å². The number of piperidine rings is 1. The number of hydrogen-bond donors (Lipinski definition) is 2. The molecular weight excluding hydrogens is 180 g/mol. The molecule has 1 unspecified atom stereocenters. The number of nitrogens with one attached hydrogen (secondary N) is 2. The maximum Gasteiger partial charge on any atom is 0.166 e. The SMILES string of the molecule is O=C(C1CCNCC1)C1CNCCO1. The molecule has 0 aromatic heterocycles. The zero-order chi connectivity index (χ0) is 9.80. The Morgan fingerprint density at radius 1 is 1.14 bits per heavy atom. The van der Waals surface area contributed by atoms with Crippen LogP contribution in [0.1, 0.15) is 12.8 Å². The zero-order valence-corrected chi connectivity index (χ0v) is 8.42. The van der Waals surface area contributed by atoms with Gasteiger partial charge in [0.2, 0.25) is 0 Å². The van der Waals surface area contributed by atoms with E-state index in [1.165, 1.54) is 0 Å². The van der Waals surface area contributed by atoms with Gasteiger partial charge in [-0.3, -0.25) is 4.79 Å². The Bertz CT molecular complexity index is 176. The van der Waals surface area contributed by atoms with Crippen LogP contribution < -0.4 is 10.6 Å². The predicted octanol–water partition coefficient (Wildman–Crippen LogP) is -0.456. The highest BCUT2D eigenvalue weighted by Crippen LogP contribution is 2.16. The van der Waals surface area contributed by atoms with Crippen molar-refractivity contribution >= 4 is 5.78 Å². The molecule has 0 aliphatic carbocycles. The first kappa shape index (κ1) is 10.1. The summed E-state index contributed by atoms with van der Waals surface area (Å²) in [5.74, 6) is 0.528. The average Bonchev–Trinajstić information content (AvgIpc) is 2.30. The van der Waals surface area contributed by atoms with Crippen molar-refractivity contribution in [3.63, 3.8) is 0 Å². The first-order chi connectivity index (χ1) is 6.88. The molecular formula is C10H18N2O2. The molecule has 4 heteroatoms. The van der Waals surface area contributed by atoms with Crippen molar-refractivity contribution in [2.24, 2.45) is 5.92 Å². The minimum absolute atomic E-state index is 0.188. The van der Waals surface area contributed by atoms with E-state index in [1.807, 2.05) is 0 Å². The summed E-state index contributed by atoms with van der Waals surface area (Å²) in [6, 6.07) is 0. The van der Waals surface area contributed by atoms with Gasteiger partial charge in [0.1, 0.15) is 6.10 Å². The number of rotatable bonds is 2. The molecule has 0 spiro atoms. The van der Waals surface area contributed by atoms with E-state index in [0.717, 1.165) is 32.5 Å². The third kappa shape index (κ3) is 2.32. The molecule has 0 bridgehead atoms. The molecule has 0 aromatic rings. The van der Waals surface area contributed by atoms with Gasteiger partial charge in [0.15, 0.2) is 5.78 Å². The molecule has 1 atom stereocenters. The number of carbonyl (C=O) groups is 1. The van der Waals surface area contributed by atoms with Gasteiger partial charge in [-0.1, -0.05) is 0 Å². The first-order valence-electron chi connectivity index (χ1n) is 5.44. The zero-order valence-electron chi connectivity index (χ0n) is 8.42. The number of carbonyl (C=O) groups excluding carboxylic acids is 1. The highest BCUT2D eigenvalue weighted by molar-refractivity contribution is 5.85. The van der Waals surface area contributed by atoms with Gasteiger partial charge in [-0.25, -0.2) is 0 Å². The topological polar surface area (TPSA) is 50.4 Å². The van der Waals surface area contributed by atoms with E-state index in [2.05, 4.69) is 10.6 Å². The van der Waals surface area contributed by atoms with Gasteiger partial charge in [-0.2, -0.15) is 0 Å². The lowest BCUT2D eigenvalue weighted by atomic mass is 9.90. The second-order valence-electron chi connectivity index (χ2n) is 3.99. The highest BCUT2D eigenvalue weighted by Gasteiger charge is 2.29. The summed E-state index contributed by atoms with van der Waals surface area (Å²) in [5, 5.41) is 6.46. The van der Waals surface area contributed by atoms with Crippen molar-refractivity contribution in [1.82, 2.24) is 10.6 Å². The summed E-state index contributed by atoms with van der Waals surface area (Å²) in [7, 11) is 0. The van der Waals surface area contributed by atoms with Crippen molar-refractivity contribution in [2.75, 3.05) is 32.8 Å². The lowest BCUT2D eigenvalue weighted by Gasteiger charge is -2.28. The molecule has 2 aliphatic rings. The van der Waals surface area contributed by atoms with Gasteiger partial charge < -0.3 is 15.4 Å². The van der Waals surface area contributed by atoms with Gasteiger partial charge in [0.05, 0.1) is 6.61 Å². The number of Topliss-reactive ketones (excluding diaryl/α,β-unsaturated/α-hetero) is 1. The fraction of sp³-hybridized carbons (Fsp3) is 0.900. The van der Waals surface area contributed by atoms with Crippen LogP contribution in [0.3, 0.4) is 0 Å². The van der Waals surface area contributed by atoms with Gasteiger partial charge in [0, 0.05) is 19.0 Å². The quantitative estimate of drug-likeness (QED) is 0.630. The lowest BCUT2D eigenvalue weighted by Crippen LogP contribution is -2.46. The van der Waals surface area contributed by atoms with Crippen LogP contribution in [-0.4, -0.2) is 44.7 Å². The smallest absolute Gasteiger partial charge is 0.166 e. The molecule has 2 saturated heterocycles. The number of ether oxygens (including phenoxy) is 1. The standard InChI is InChI=1S/C10H18N2O2/c13-10(8-1-3-11-4-2-8)9-7-12-5-6-14-9/h8-9,11-12H,1-7H2. The fourth-order valence-corrected chi connectivity index (χ4v) is 2.12. The third-order valence-corrected chi connectivity index (χ3v) is 2.99. The molecule has 0 radical (unpaired) electrons. The van der Waals surface area contributed by atoms with Crippen LogP contribution >= 0.6 is 0 Å². The van der Waals surface area contributed by atoms with Crippen molar-refractivity contribution < 1.29 is 9.53 Å². The van der Waals surface area contributed by atoms with E-state index in [0.29, 0.717) is 18.9 Å². The second kappa shape index (κ2) is 4.87. The Kier molecular flexibility index (Phi) is 3.50. The van der Waals surface area contributed by atoms with Crippen LogP contribution in [-0.2, 0) is 9.53 Å². The van der Waals surface area contributed by atoms with Gasteiger partial charge in [-0.15, -0.1) is 0 Å². The first-order valence-corrected chi connectivity index (χ1v) is 5.44. The molecule has 0 saturated carbocycles. The van der Waals surface area contributed by atoms with E-state index < -0.39 is 0 Å². The maximum absolute atomic E-state index is 12.0. The van der Waals surface area contributed by atoms with E-state index in [9.17, 15) is 4.79 Å². The molecule has 0 amide bonds. The summed E-state index contributed by atoms with van der Waals surface area (Å²) in [6.07, 6.45) is 1.75. The fourth-order valence-electron chi connectivity index (χ4n) is 2.12. The van der Waals surface area contributed by atoms with Crippen LogP contribution in [0.2, 0.25) is 0 Å². The summed E-state index contributed by atoms with van der Waals surface area (Å²) >= 11 is 0. The van der Waals surface area contributed by atoms with E-state index >= 15 is 0 Å². The minimum atomic E-state index is -0.188. The second-order valence-corrected chi connectivity index (χ2v) is 3.99. The Labute approximate surface area is 84.4 Å². The molecule has 2 fully saturated rings. The normalized spacial score (nSPS) is 30.1. The average molecular weight is 198 g/mol. The predicted molar refractivity (Wildman–Crippen MR) is 53.2 cm³/mol. The molecule has 80 valence electrons. The third-order valence-electron chi connectivity index (χ3n) is 2.99. The summed E-state index contributed by atoms with van der Waals surface area (Å²) in [4.78, 5) is 12.0. The van der Waals surface area contributed by atoms with Crippen molar-refractivity contribution in [3.8, 4) is 0 Å².